The summed E-state index contributed by atoms with van der Waals surface area (Å²) in [5, 5.41) is 0. The molecular weight excluding hydrogens is 200 g/mol. The Morgan fingerprint density at radius 1 is 1.44 bits per heavy atom. The van der Waals surface area contributed by atoms with Crippen LogP contribution in [0, 0.1) is 0 Å². The van der Waals surface area contributed by atoms with Gasteiger partial charge in [-0.2, -0.15) is 0 Å². The molecule has 84 valence electrons. The normalized spacial score (nSPS) is 11.2. The first-order chi connectivity index (χ1) is 7.58. The van der Waals surface area contributed by atoms with Gasteiger partial charge in [-0.05, 0) is 38.5 Å². The second kappa shape index (κ2) is 4.08. The minimum absolute atomic E-state index is 0.183. The zero-order valence-electron chi connectivity index (χ0n) is 9.90. The van der Waals surface area contributed by atoms with E-state index in [1.807, 2.05) is 24.5 Å². The minimum atomic E-state index is 0.183. The Morgan fingerprint density at radius 3 is 2.81 bits per heavy atom. The van der Waals surface area contributed by atoms with Gasteiger partial charge in [-0.3, -0.25) is 4.79 Å². The molecule has 1 aromatic carbocycles. The van der Waals surface area contributed by atoms with Crippen molar-refractivity contribution in [2.75, 3.05) is 0 Å². The fourth-order valence-corrected chi connectivity index (χ4v) is 1.89. The molecule has 0 radical (unpaired) electrons. The molecule has 16 heavy (non-hydrogen) atoms. The Labute approximate surface area is 95.1 Å². The minimum Gasteiger partial charge on any atom is -0.328 e. The number of fused-ring (bicyclic) bond motifs is 1. The van der Waals surface area contributed by atoms with E-state index >= 15 is 0 Å². The van der Waals surface area contributed by atoms with Gasteiger partial charge in [0.25, 0.3) is 0 Å². The molecular formula is C13H16N2O. The topological polar surface area (TPSA) is 34.9 Å². The first kappa shape index (κ1) is 10.9. The Kier molecular flexibility index (Phi) is 2.77. The number of benzene rings is 1. The molecule has 1 heterocycles. The average Bonchev–Trinajstić information content (AvgIpc) is 2.59. The van der Waals surface area contributed by atoms with E-state index in [1.165, 1.54) is 0 Å². The summed E-state index contributed by atoms with van der Waals surface area (Å²) in [4.78, 5) is 15.4. The van der Waals surface area contributed by atoms with E-state index in [-0.39, 0.29) is 5.78 Å². The standard InChI is InChI=1S/C13H16N2O/c1-9(2)15-8-14-12-7-11(6-10(3)16)4-5-13(12)15/h4-5,7-9H,6H2,1-3H3. The molecule has 0 bridgehead atoms. The van der Waals surface area contributed by atoms with Crippen molar-refractivity contribution in [2.45, 2.75) is 33.2 Å². The Balaban J connectivity index is 2.45. The quantitative estimate of drug-likeness (QED) is 0.790. The molecule has 2 rings (SSSR count). The van der Waals surface area contributed by atoms with Gasteiger partial charge in [-0.1, -0.05) is 6.07 Å². The van der Waals surface area contributed by atoms with Gasteiger partial charge in [-0.15, -0.1) is 0 Å². The van der Waals surface area contributed by atoms with E-state index in [2.05, 4.69) is 23.4 Å². The predicted molar refractivity (Wildman–Crippen MR) is 64.5 cm³/mol. The highest BCUT2D eigenvalue weighted by atomic mass is 16.1. The Bertz CT molecular complexity index is 526. The number of nitrogens with zero attached hydrogens (tertiary/aromatic N) is 2. The molecule has 0 fully saturated rings. The van der Waals surface area contributed by atoms with Crippen LogP contribution in [-0.4, -0.2) is 15.3 Å². The molecule has 0 spiro atoms. The van der Waals surface area contributed by atoms with E-state index < -0.39 is 0 Å². The molecule has 0 unspecified atom stereocenters. The van der Waals surface area contributed by atoms with Crippen LogP contribution >= 0.6 is 0 Å². The first-order valence-corrected chi connectivity index (χ1v) is 5.53. The molecule has 3 nitrogen and oxygen atoms in total. The number of hydrogen-bond acceptors (Lipinski definition) is 2. The average molecular weight is 216 g/mol. The van der Waals surface area contributed by atoms with Crippen LogP contribution in [0.2, 0.25) is 0 Å². The van der Waals surface area contributed by atoms with E-state index in [9.17, 15) is 4.79 Å². The third-order valence-electron chi connectivity index (χ3n) is 2.65. The highest BCUT2D eigenvalue weighted by Crippen LogP contribution is 2.19. The zero-order valence-corrected chi connectivity index (χ0v) is 9.90. The van der Waals surface area contributed by atoms with Crippen LogP contribution in [0.5, 0.6) is 0 Å². The maximum absolute atomic E-state index is 11.0. The number of carbonyl (C=O) groups is 1. The van der Waals surface area contributed by atoms with Crippen molar-refractivity contribution in [1.29, 1.82) is 0 Å². The van der Waals surface area contributed by atoms with E-state index in [0.717, 1.165) is 16.6 Å². The summed E-state index contributed by atoms with van der Waals surface area (Å²) in [5.41, 5.74) is 3.13. The molecule has 0 atom stereocenters. The van der Waals surface area contributed by atoms with Crippen molar-refractivity contribution in [3.8, 4) is 0 Å². The third kappa shape index (κ3) is 1.98. The largest absolute Gasteiger partial charge is 0.328 e. The number of carbonyl (C=O) groups excluding carboxylic acids is 1. The van der Waals surface area contributed by atoms with Gasteiger partial charge >= 0.3 is 0 Å². The summed E-state index contributed by atoms with van der Waals surface area (Å²) < 4.78 is 2.13. The van der Waals surface area contributed by atoms with Crippen LogP contribution in [0.3, 0.4) is 0 Å². The first-order valence-electron chi connectivity index (χ1n) is 5.53. The maximum atomic E-state index is 11.0. The van der Waals surface area contributed by atoms with Crippen LogP contribution < -0.4 is 0 Å². The van der Waals surface area contributed by atoms with E-state index in [4.69, 9.17) is 0 Å². The van der Waals surface area contributed by atoms with Crippen molar-refractivity contribution in [3.63, 3.8) is 0 Å². The van der Waals surface area contributed by atoms with Crippen molar-refractivity contribution < 1.29 is 4.79 Å². The van der Waals surface area contributed by atoms with Crippen LogP contribution in [0.1, 0.15) is 32.4 Å². The zero-order chi connectivity index (χ0) is 11.7. The smallest absolute Gasteiger partial charge is 0.134 e. The second-order valence-corrected chi connectivity index (χ2v) is 4.45. The van der Waals surface area contributed by atoms with E-state index in [1.54, 1.807) is 6.92 Å². The van der Waals surface area contributed by atoms with E-state index in [0.29, 0.717) is 12.5 Å². The van der Waals surface area contributed by atoms with Gasteiger partial charge in [0.1, 0.15) is 5.78 Å². The fourth-order valence-electron chi connectivity index (χ4n) is 1.89. The number of imidazole rings is 1. The number of ketones is 1. The number of rotatable bonds is 3. The monoisotopic (exact) mass is 216 g/mol. The lowest BCUT2D eigenvalue weighted by Crippen LogP contribution is -1.99. The SMILES string of the molecule is CC(=O)Cc1ccc2c(c1)ncn2C(C)C. The van der Waals surface area contributed by atoms with Crippen molar-refractivity contribution >= 4 is 16.8 Å². The van der Waals surface area contributed by atoms with Crippen LogP contribution in [0.15, 0.2) is 24.5 Å². The lowest BCUT2D eigenvalue weighted by Gasteiger charge is -2.07. The summed E-state index contributed by atoms with van der Waals surface area (Å²) in [6.07, 6.45) is 2.34. The number of aromatic nitrogens is 2. The van der Waals surface area contributed by atoms with Crippen LogP contribution in [-0.2, 0) is 11.2 Å². The second-order valence-electron chi connectivity index (χ2n) is 4.45. The molecule has 0 saturated heterocycles. The maximum Gasteiger partial charge on any atom is 0.134 e. The molecule has 0 amide bonds. The molecule has 3 heteroatoms. The summed E-state index contributed by atoms with van der Waals surface area (Å²) in [5.74, 6) is 0.183. The van der Waals surface area contributed by atoms with Crippen LogP contribution in [0.25, 0.3) is 11.0 Å². The highest BCUT2D eigenvalue weighted by Gasteiger charge is 2.06. The Morgan fingerprint density at radius 2 is 2.19 bits per heavy atom. The van der Waals surface area contributed by atoms with Gasteiger partial charge in [0.15, 0.2) is 0 Å². The lowest BCUT2D eigenvalue weighted by atomic mass is 10.1. The molecule has 0 aliphatic carbocycles. The third-order valence-corrected chi connectivity index (χ3v) is 2.65. The summed E-state index contributed by atoms with van der Waals surface area (Å²) in [6, 6.07) is 6.45. The van der Waals surface area contributed by atoms with Gasteiger partial charge < -0.3 is 4.57 Å². The molecule has 0 aliphatic rings. The molecule has 0 saturated carbocycles. The van der Waals surface area contributed by atoms with Crippen LogP contribution in [0.4, 0.5) is 0 Å². The van der Waals surface area contributed by atoms with Crippen molar-refractivity contribution in [2.24, 2.45) is 0 Å². The predicted octanol–water partition coefficient (Wildman–Crippen LogP) is 2.75. The highest BCUT2D eigenvalue weighted by molar-refractivity contribution is 5.81. The van der Waals surface area contributed by atoms with Crippen molar-refractivity contribution in [1.82, 2.24) is 9.55 Å². The molecule has 1 aromatic heterocycles. The Hall–Kier alpha value is -1.64. The van der Waals surface area contributed by atoms with Gasteiger partial charge in [-0.25, -0.2) is 4.98 Å². The molecule has 2 aromatic rings. The van der Waals surface area contributed by atoms with Crippen molar-refractivity contribution in [3.05, 3.63) is 30.1 Å². The summed E-state index contributed by atoms with van der Waals surface area (Å²) >= 11 is 0. The molecule has 0 aliphatic heterocycles. The fraction of sp³-hybridized carbons (Fsp3) is 0.385. The van der Waals surface area contributed by atoms with Gasteiger partial charge in [0, 0.05) is 12.5 Å². The number of Topliss-reactive ketones (excluding diaryl/α,β-unsaturated/α-hetero) is 1. The molecule has 0 N–H and O–H groups in total. The number of hydrogen-bond donors (Lipinski definition) is 0. The van der Waals surface area contributed by atoms with Gasteiger partial charge in [0.2, 0.25) is 0 Å². The summed E-state index contributed by atoms with van der Waals surface area (Å²) in [7, 11) is 0. The van der Waals surface area contributed by atoms with Gasteiger partial charge in [0.05, 0.1) is 17.4 Å². The lowest BCUT2D eigenvalue weighted by molar-refractivity contribution is -0.116. The summed E-state index contributed by atoms with van der Waals surface area (Å²) in [6.45, 7) is 5.87.